The van der Waals surface area contributed by atoms with Gasteiger partial charge in [-0.15, -0.1) is 0 Å². The van der Waals surface area contributed by atoms with E-state index in [0.717, 1.165) is 38.5 Å². The summed E-state index contributed by atoms with van der Waals surface area (Å²) in [6.07, 6.45) is 15.1. The topological polar surface area (TPSA) is 26.3 Å². The lowest BCUT2D eigenvalue weighted by molar-refractivity contribution is 0.374. The van der Waals surface area contributed by atoms with Gasteiger partial charge in [0.05, 0.1) is 11.3 Å². The third kappa shape index (κ3) is 2.33. The molecule has 0 N–H and O–H groups in total. The van der Waals surface area contributed by atoms with Crippen LogP contribution in [0.2, 0.25) is 0 Å². The van der Waals surface area contributed by atoms with Crippen LogP contribution in [0.4, 0.5) is 0 Å². The average molecular weight is 240 g/mol. The van der Waals surface area contributed by atoms with Crippen molar-refractivity contribution in [2.45, 2.75) is 49.8 Å². The highest BCUT2D eigenvalue weighted by atomic mass is 31.2. The third-order valence-electron chi connectivity index (χ3n) is 3.67. The maximum Gasteiger partial charge on any atom is 0.216 e. The molecule has 90 valence electrons. The lowest BCUT2D eigenvalue weighted by Crippen LogP contribution is -2.20. The summed E-state index contributed by atoms with van der Waals surface area (Å²) in [7, 11) is -0.908. The molecular weight excluding hydrogens is 219 g/mol. The second kappa shape index (κ2) is 5.33. The van der Waals surface area contributed by atoms with Gasteiger partial charge in [-0.2, -0.15) is 0 Å². The van der Waals surface area contributed by atoms with Crippen LogP contribution in [0.1, 0.15) is 38.5 Å². The molecule has 0 heterocycles. The van der Waals surface area contributed by atoms with Crippen LogP contribution in [0.25, 0.3) is 0 Å². The zero-order chi connectivity index (χ0) is 11.4. The Morgan fingerprint density at radius 1 is 1.06 bits per heavy atom. The van der Waals surface area contributed by atoms with Crippen molar-refractivity contribution in [2.24, 2.45) is 0 Å². The van der Waals surface area contributed by atoms with Gasteiger partial charge < -0.3 is 4.52 Å². The summed E-state index contributed by atoms with van der Waals surface area (Å²) in [5.41, 5.74) is 0.304. The first-order valence-electron chi connectivity index (χ1n) is 6.26. The molecule has 0 aromatic heterocycles. The molecular formula is C13H21O2P. The smallest absolute Gasteiger partial charge is 0.216 e. The standard InChI is InChI=1S/C13H21O2P/c1-15-16(14,12-8-4-2-5-9-12)13-10-6-3-7-11-13/h4,6,8,10,12-13H,2-3,5,7,9,11H2,1H3. The molecule has 0 aliphatic heterocycles. The van der Waals surface area contributed by atoms with Crippen molar-refractivity contribution < 1.29 is 9.09 Å². The fraction of sp³-hybridized carbons (Fsp3) is 0.692. The maximum atomic E-state index is 13.0. The Hall–Kier alpha value is -0.330. The summed E-state index contributed by atoms with van der Waals surface area (Å²) in [6, 6.07) is 0. The Morgan fingerprint density at radius 2 is 1.56 bits per heavy atom. The molecule has 0 radical (unpaired) electrons. The molecule has 3 heteroatoms. The highest BCUT2D eigenvalue weighted by Gasteiger charge is 2.38. The Bertz CT molecular complexity index is 305. The van der Waals surface area contributed by atoms with Gasteiger partial charge in [-0.3, -0.25) is 4.57 Å². The van der Waals surface area contributed by atoms with Crippen molar-refractivity contribution in [2.75, 3.05) is 7.11 Å². The molecule has 0 bridgehead atoms. The van der Waals surface area contributed by atoms with Crippen LogP contribution in [-0.4, -0.2) is 18.4 Å². The van der Waals surface area contributed by atoms with E-state index in [2.05, 4.69) is 24.3 Å². The first kappa shape index (κ1) is 12.1. The van der Waals surface area contributed by atoms with E-state index in [1.807, 2.05) is 0 Å². The van der Waals surface area contributed by atoms with Crippen LogP contribution in [0, 0.1) is 0 Å². The molecule has 0 amide bonds. The minimum absolute atomic E-state index is 0.152. The van der Waals surface area contributed by atoms with E-state index in [0.29, 0.717) is 0 Å². The SMILES string of the molecule is COP(=O)(C1C=CCCC1)C1C=CCCC1. The zero-order valence-electron chi connectivity index (χ0n) is 9.97. The van der Waals surface area contributed by atoms with Gasteiger partial charge in [-0.1, -0.05) is 24.3 Å². The van der Waals surface area contributed by atoms with Gasteiger partial charge >= 0.3 is 0 Å². The Kier molecular flexibility index (Phi) is 4.05. The summed E-state index contributed by atoms with van der Waals surface area (Å²) in [4.78, 5) is 0. The Morgan fingerprint density at radius 3 is 1.88 bits per heavy atom. The van der Waals surface area contributed by atoms with Crippen LogP contribution < -0.4 is 0 Å². The van der Waals surface area contributed by atoms with E-state index in [4.69, 9.17) is 4.52 Å². The molecule has 0 saturated carbocycles. The van der Waals surface area contributed by atoms with E-state index in [1.54, 1.807) is 7.11 Å². The quantitative estimate of drug-likeness (QED) is 0.547. The summed E-state index contributed by atoms with van der Waals surface area (Å²) in [5, 5.41) is 0. The predicted molar refractivity (Wildman–Crippen MR) is 68.2 cm³/mol. The van der Waals surface area contributed by atoms with Crippen molar-refractivity contribution in [3.63, 3.8) is 0 Å². The van der Waals surface area contributed by atoms with Gasteiger partial charge in [0, 0.05) is 7.11 Å². The molecule has 2 aliphatic carbocycles. The molecule has 2 unspecified atom stereocenters. The van der Waals surface area contributed by atoms with Crippen molar-refractivity contribution >= 4 is 7.37 Å². The summed E-state index contributed by atoms with van der Waals surface area (Å²) < 4.78 is 18.4. The van der Waals surface area contributed by atoms with Gasteiger partial charge in [0.1, 0.15) is 0 Å². The van der Waals surface area contributed by atoms with Gasteiger partial charge in [0.25, 0.3) is 0 Å². The van der Waals surface area contributed by atoms with Crippen molar-refractivity contribution in [1.29, 1.82) is 0 Å². The molecule has 16 heavy (non-hydrogen) atoms. The van der Waals surface area contributed by atoms with E-state index in [1.165, 1.54) is 0 Å². The van der Waals surface area contributed by atoms with E-state index >= 15 is 0 Å². The second-order valence-corrected chi connectivity index (χ2v) is 7.66. The normalized spacial score (nSPS) is 33.6. The van der Waals surface area contributed by atoms with Gasteiger partial charge in [-0.05, 0) is 38.5 Å². The van der Waals surface area contributed by atoms with E-state index < -0.39 is 7.37 Å². The average Bonchev–Trinajstić information content (AvgIpc) is 2.40. The molecule has 0 aromatic rings. The van der Waals surface area contributed by atoms with Crippen molar-refractivity contribution in [3.05, 3.63) is 24.3 Å². The van der Waals surface area contributed by atoms with Gasteiger partial charge in [0.15, 0.2) is 0 Å². The van der Waals surface area contributed by atoms with Crippen LogP contribution >= 0.6 is 7.37 Å². The monoisotopic (exact) mass is 240 g/mol. The van der Waals surface area contributed by atoms with Gasteiger partial charge in [0.2, 0.25) is 7.37 Å². The lowest BCUT2D eigenvalue weighted by Gasteiger charge is -2.32. The largest absolute Gasteiger partial charge is 0.331 e. The van der Waals surface area contributed by atoms with Crippen LogP contribution in [0.5, 0.6) is 0 Å². The van der Waals surface area contributed by atoms with E-state index in [-0.39, 0.29) is 11.3 Å². The number of hydrogen-bond acceptors (Lipinski definition) is 2. The fourth-order valence-corrected chi connectivity index (χ4v) is 5.55. The van der Waals surface area contributed by atoms with E-state index in [9.17, 15) is 4.57 Å². The second-order valence-electron chi connectivity index (χ2n) is 4.68. The molecule has 0 saturated heterocycles. The van der Waals surface area contributed by atoms with Crippen molar-refractivity contribution in [3.8, 4) is 0 Å². The minimum Gasteiger partial charge on any atom is -0.331 e. The lowest BCUT2D eigenvalue weighted by atomic mass is 10.1. The first-order valence-corrected chi connectivity index (χ1v) is 8.02. The summed E-state index contributed by atoms with van der Waals surface area (Å²) in [6.45, 7) is 0. The van der Waals surface area contributed by atoms with Crippen LogP contribution in [0.3, 0.4) is 0 Å². The highest BCUT2D eigenvalue weighted by Crippen LogP contribution is 2.60. The molecule has 0 spiro atoms. The highest BCUT2D eigenvalue weighted by molar-refractivity contribution is 7.60. The third-order valence-corrected chi connectivity index (χ3v) is 6.95. The van der Waals surface area contributed by atoms with Crippen LogP contribution in [-0.2, 0) is 9.09 Å². The number of hydrogen-bond donors (Lipinski definition) is 0. The minimum atomic E-state index is -2.52. The molecule has 2 nitrogen and oxygen atoms in total. The predicted octanol–water partition coefficient (Wildman–Crippen LogP) is 4.13. The Balaban J connectivity index is 2.20. The molecule has 2 rings (SSSR count). The Labute approximate surface area is 98.2 Å². The van der Waals surface area contributed by atoms with Crippen molar-refractivity contribution in [1.82, 2.24) is 0 Å². The molecule has 0 aromatic carbocycles. The summed E-state index contributed by atoms with van der Waals surface area (Å²) >= 11 is 0. The van der Waals surface area contributed by atoms with Crippen LogP contribution in [0.15, 0.2) is 24.3 Å². The van der Waals surface area contributed by atoms with Gasteiger partial charge in [-0.25, -0.2) is 0 Å². The molecule has 2 atom stereocenters. The fourth-order valence-electron chi connectivity index (χ4n) is 2.71. The molecule has 0 fully saturated rings. The summed E-state index contributed by atoms with van der Waals surface area (Å²) in [5.74, 6) is 0. The molecule has 2 aliphatic rings. The number of rotatable bonds is 3. The zero-order valence-corrected chi connectivity index (χ0v) is 10.9. The first-order chi connectivity index (χ1) is 7.77. The maximum absolute atomic E-state index is 13.0. The number of allylic oxidation sites excluding steroid dienone is 4.